The molecule has 0 aliphatic rings. The maximum Gasteiger partial charge on any atom is -0.00493 e. The normalized spacial score (nSPS) is 11.7. The van der Waals surface area contributed by atoms with E-state index in [9.17, 15) is 0 Å². The molecule has 0 heterocycles. The smallest absolute Gasteiger partial charge is 0.00493 e. The fourth-order valence-electron chi connectivity index (χ4n) is 6.74. The van der Waals surface area contributed by atoms with Crippen LogP contribution in [0.2, 0.25) is 0 Å². The van der Waals surface area contributed by atoms with Gasteiger partial charge in [0.05, 0.1) is 0 Å². The van der Waals surface area contributed by atoms with Gasteiger partial charge in [0.25, 0.3) is 0 Å². The van der Waals surface area contributed by atoms with Crippen molar-refractivity contribution in [2.45, 2.75) is 239 Å². The first-order valence-corrected chi connectivity index (χ1v) is 20.0. The van der Waals surface area contributed by atoms with Crippen molar-refractivity contribution >= 4 is 0 Å². The summed E-state index contributed by atoms with van der Waals surface area (Å²) < 4.78 is 0. The van der Waals surface area contributed by atoms with E-state index >= 15 is 0 Å². The van der Waals surface area contributed by atoms with Crippen molar-refractivity contribution in [1.82, 2.24) is 5.32 Å². The van der Waals surface area contributed by atoms with Crippen LogP contribution in [0.15, 0.2) is 0 Å². The predicted octanol–water partition coefficient (Wildman–Crippen LogP) is 14.5. The Balaban J connectivity index is 3.44. The van der Waals surface area contributed by atoms with Crippen LogP contribution in [-0.2, 0) is 0 Å². The summed E-state index contributed by atoms with van der Waals surface area (Å²) in [6.45, 7) is 5.83. The number of unbranched alkanes of at least 4 members (excludes halogenated alkanes) is 30. The third kappa shape index (κ3) is 36.1. The molecule has 0 aromatic carbocycles. The van der Waals surface area contributed by atoms with E-state index in [0.717, 1.165) is 5.92 Å². The lowest BCUT2D eigenvalue weighted by atomic mass is 9.91. The zero-order valence-corrected chi connectivity index (χ0v) is 29.5. The largest absolute Gasteiger partial charge is 0.320 e. The molecule has 1 N–H and O–H groups in total. The molecule has 0 saturated carbocycles. The van der Waals surface area contributed by atoms with Crippen molar-refractivity contribution in [2.75, 3.05) is 13.6 Å². The third-order valence-corrected chi connectivity index (χ3v) is 9.73. The zero-order chi connectivity index (χ0) is 29.7. The topological polar surface area (TPSA) is 12.0 Å². The molecular weight excluding hydrogens is 494 g/mol. The molecule has 0 aliphatic heterocycles. The average molecular weight is 578 g/mol. The van der Waals surface area contributed by atoms with Crippen LogP contribution in [0.25, 0.3) is 0 Å². The first-order valence-electron chi connectivity index (χ1n) is 20.0. The first kappa shape index (κ1) is 41.0. The van der Waals surface area contributed by atoms with Crippen molar-refractivity contribution in [3.63, 3.8) is 0 Å². The maximum absolute atomic E-state index is 3.41. The lowest BCUT2D eigenvalue weighted by molar-refractivity contribution is 0.376. The molecule has 0 rings (SSSR count). The Hall–Kier alpha value is -0.0400. The molecule has 0 aliphatic carbocycles. The summed E-state index contributed by atoms with van der Waals surface area (Å²) in [6.07, 6.45) is 51.5. The van der Waals surface area contributed by atoms with E-state index in [-0.39, 0.29) is 0 Å². The van der Waals surface area contributed by atoms with Crippen LogP contribution in [0.3, 0.4) is 0 Å². The van der Waals surface area contributed by atoms with Crippen molar-refractivity contribution in [2.24, 2.45) is 5.92 Å². The minimum Gasteiger partial charge on any atom is -0.320 e. The SMILES string of the molecule is CCCCCCCCCCCCCCCCCCC(CCCCCCCCCCCCCCCCCC)CCNC. The Morgan fingerprint density at radius 3 is 0.732 bits per heavy atom. The van der Waals surface area contributed by atoms with Crippen molar-refractivity contribution in [1.29, 1.82) is 0 Å². The molecular formula is C40H83N. The molecule has 0 aromatic rings. The van der Waals surface area contributed by atoms with Crippen molar-refractivity contribution in [3.05, 3.63) is 0 Å². The van der Waals surface area contributed by atoms with Gasteiger partial charge in [0.1, 0.15) is 0 Å². The molecule has 0 saturated heterocycles. The fraction of sp³-hybridized carbons (Fsp3) is 1.00. The average Bonchev–Trinajstić information content (AvgIpc) is 2.98. The Kier molecular flexibility index (Phi) is 37.9. The minimum atomic E-state index is 0.973. The molecule has 248 valence electrons. The van der Waals surface area contributed by atoms with Gasteiger partial charge in [-0.05, 0) is 25.9 Å². The summed E-state index contributed by atoms with van der Waals surface area (Å²) >= 11 is 0. The van der Waals surface area contributed by atoms with Crippen LogP contribution >= 0.6 is 0 Å². The van der Waals surface area contributed by atoms with Crippen LogP contribution in [-0.4, -0.2) is 13.6 Å². The molecule has 1 heteroatoms. The highest BCUT2D eigenvalue weighted by Gasteiger charge is 2.08. The third-order valence-electron chi connectivity index (χ3n) is 9.73. The molecule has 1 nitrogen and oxygen atoms in total. The first-order chi connectivity index (χ1) is 20.3. The summed E-state index contributed by atoms with van der Waals surface area (Å²) in [5.74, 6) is 0.973. The van der Waals surface area contributed by atoms with Crippen LogP contribution in [0.5, 0.6) is 0 Å². The molecule has 41 heavy (non-hydrogen) atoms. The van der Waals surface area contributed by atoms with Gasteiger partial charge in [0, 0.05) is 0 Å². The molecule has 0 fully saturated rings. The van der Waals surface area contributed by atoms with E-state index in [1.165, 1.54) is 231 Å². The summed E-state index contributed by atoms with van der Waals surface area (Å²) in [5.41, 5.74) is 0. The summed E-state index contributed by atoms with van der Waals surface area (Å²) in [7, 11) is 2.13. The van der Waals surface area contributed by atoms with Crippen LogP contribution in [0, 0.1) is 5.92 Å². The second-order valence-electron chi connectivity index (χ2n) is 13.9. The molecule has 0 unspecified atom stereocenters. The van der Waals surface area contributed by atoms with Gasteiger partial charge in [-0.1, -0.05) is 232 Å². The highest BCUT2D eigenvalue weighted by atomic mass is 14.8. The lowest BCUT2D eigenvalue weighted by Crippen LogP contribution is -2.13. The van der Waals surface area contributed by atoms with Gasteiger partial charge in [-0.2, -0.15) is 0 Å². The van der Waals surface area contributed by atoms with Gasteiger partial charge in [-0.15, -0.1) is 0 Å². The summed E-state index contributed by atoms with van der Waals surface area (Å²) in [6, 6.07) is 0. The molecule has 0 atom stereocenters. The highest BCUT2D eigenvalue weighted by Crippen LogP contribution is 2.22. The van der Waals surface area contributed by atoms with E-state index in [4.69, 9.17) is 0 Å². The quantitative estimate of drug-likeness (QED) is 0.0724. The number of nitrogens with one attached hydrogen (secondary N) is 1. The van der Waals surface area contributed by atoms with Crippen LogP contribution < -0.4 is 5.32 Å². The number of hydrogen-bond donors (Lipinski definition) is 1. The minimum absolute atomic E-state index is 0.973. The number of hydrogen-bond acceptors (Lipinski definition) is 1. The van der Waals surface area contributed by atoms with Gasteiger partial charge >= 0.3 is 0 Å². The van der Waals surface area contributed by atoms with E-state index in [2.05, 4.69) is 26.2 Å². The lowest BCUT2D eigenvalue weighted by Gasteiger charge is -2.17. The van der Waals surface area contributed by atoms with Crippen LogP contribution in [0.1, 0.15) is 239 Å². The Morgan fingerprint density at radius 1 is 0.293 bits per heavy atom. The molecule has 0 aromatic heterocycles. The maximum atomic E-state index is 3.41. The zero-order valence-electron chi connectivity index (χ0n) is 29.5. The summed E-state index contributed by atoms with van der Waals surface area (Å²) in [5, 5.41) is 3.41. The highest BCUT2D eigenvalue weighted by molar-refractivity contribution is 4.63. The van der Waals surface area contributed by atoms with Crippen molar-refractivity contribution < 1.29 is 0 Å². The Bertz CT molecular complexity index is 397. The second kappa shape index (κ2) is 38.0. The van der Waals surface area contributed by atoms with Gasteiger partial charge < -0.3 is 5.32 Å². The number of rotatable bonds is 37. The molecule has 0 radical (unpaired) electrons. The Morgan fingerprint density at radius 2 is 0.512 bits per heavy atom. The second-order valence-corrected chi connectivity index (χ2v) is 13.9. The van der Waals surface area contributed by atoms with Gasteiger partial charge in [0.15, 0.2) is 0 Å². The Labute approximate surface area is 263 Å². The van der Waals surface area contributed by atoms with E-state index in [1.807, 2.05) is 0 Å². The molecule has 0 amide bonds. The predicted molar refractivity (Wildman–Crippen MR) is 190 cm³/mol. The van der Waals surface area contributed by atoms with Gasteiger partial charge in [0.2, 0.25) is 0 Å². The van der Waals surface area contributed by atoms with Gasteiger partial charge in [-0.25, -0.2) is 0 Å². The fourth-order valence-corrected chi connectivity index (χ4v) is 6.74. The van der Waals surface area contributed by atoms with Crippen LogP contribution in [0.4, 0.5) is 0 Å². The van der Waals surface area contributed by atoms with E-state index in [0.29, 0.717) is 0 Å². The standard InChI is InChI=1S/C40H83N/c1-4-6-8-10-12-14-16-18-20-22-24-26-28-30-32-34-36-40(38-39-41-3)37-35-33-31-29-27-25-23-21-19-17-15-13-11-9-7-5-2/h40-41H,4-39H2,1-3H3. The summed E-state index contributed by atoms with van der Waals surface area (Å²) in [4.78, 5) is 0. The molecule has 0 spiro atoms. The monoisotopic (exact) mass is 578 g/mol. The van der Waals surface area contributed by atoms with E-state index in [1.54, 1.807) is 0 Å². The van der Waals surface area contributed by atoms with E-state index < -0.39 is 0 Å². The van der Waals surface area contributed by atoms with Crippen molar-refractivity contribution in [3.8, 4) is 0 Å². The molecule has 0 bridgehead atoms. The van der Waals surface area contributed by atoms with Gasteiger partial charge in [-0.3, -0.25) is 0 Å².